The molecule has 0 saturated heterocycles. The molecular formula is C21H23NO2S. The minimum atomic E-state index is -0.806. The van der Waals surface area contributed by atoms with Crippen LogP contribution in [-0.2, 0) is 18.6 Å². The fraction of sp³-hybridized carbons (Fsp3) is 0.238. The zero-order valence-corrected chi connectivity index (χ0v) is 14.9. The lowest BCUT2D eigenvalue weighted by atomic mass is 9.95. The smallest absolute Gasteiger partial charge is 0.103 e. The van der Waals surface area contributed by atoms with E-state index in [1.807, 2.05) is 53.9 Å². The topological polar surface area (TPSA) is 43.7 Å². The summed E-state index contributed by atoms with van der Waals surface area (Å²) in [6, 6.07) is 24.3. The normalized spacial score (nSPS) is 11.8. The van der Waals surface area contributed by atoms with Gasteiger partial charge in [-0.25, -0.2) is 0 Å². The highest BCUT2D eigenvalue weighted by molar-refractivity contribution is 7.10. The standard InChI is InChI=1S/C21H23NO2S/c23-16-21(17-24,20-12-7-13-25-20)22(14-18-8-3-1-4-9-18)15-19-10-5-2-6-11-19/h1-13,23-24H,14-17H2. The van der Waals surface area contributed by atoms with Gasteiger partial charge in [-0.3, -0.25) is 4.90 Å². The molecular weight excluding hydrogens is 330 g/mol. The monoisotopic (exact) mass is 353 g/mol. The van der Waals surface area contributed by atoms with Crippen LogP contribution in [0, 0.1) is 0 Å². The van der Waals surface area contributed by atoms with Gasteiger partial charge in [0, 0.05) is 18.0 Å². The zero-order chi connectivity index (χ0) is 17.5. The van der Waals surface area contributed by atoms with E-state index in [4.69, 9.17) is 0 Å². The Hall–Kier alpha value is -1.98. The van der Waals surface area contributed by atoms with Gasteiger partial charge in [0.2, 0.25) is 0 Å². The van der Waals surface area contributed by atoms with E-state index >= 15 is 0 Å². The molecule has 0 aliphatic carbocycles. The second kappa shape index (κ2) is 8.41. The average molecular weight is 353 g/mol. The van der Waals surface area contributed by atoms with E-state index in [0.717, 1.165) is 16.0 Å². The molecule has 4 heteroatoms. The highest BCUT2D eigenvalue weighted by atomic mass is 32.1. The lowest BCUT2D eigenvalue weighted by molar-refractivity contribution is -0.0261. The molecule has 130 valence electrons. The molecule has 1 aromatic heterocycles. The largest absolute Gasteiger partial charge is 0.394 e. The molecule has 0 radical (unpaired) electrons. The second-order valence-corrected chi connectivity index (χ2v) is 7.10. The highest BCUT2D eigenvalue weighted by Gasteiger charge is 2.38. The van der Waals surface area contributed by atoms with E-state index in [1.54, 1.807) is 11.3 Å². The SMILES string of the molecule is OCC(CO)(c1cccs1)N(Cc1ccccc1)Cc1ccccc1. The number of hydrogen-bond donors (Lipinski definition) is 2. The van der Waals surface area contributed by atoms with Gasteiger partial charge in [-0.2, -0.15) is 0 Å². The zero-order valence-electron chi connectivity index (χ0n) is 14.1. The van der Waals surface area contributed by atoms with E-state index in [1.165, 1.54) is 0 Å². The number of rotatable bonds is 8. The van der Waals surface area contributed by atoms with Crippen LogP contribution < -0.4 is 0 Å². The van der Waals surface area contributed by atoms with Crippen molar-refractivity contribution in [2.75, 3.05) is 13.2 Å². The number of nitrogens with zero attached hydrogens (tertiary/aromatic N) is 1. The van der Waals surface area contributed by atoms with E-state index < -0.39 is 5.54 Å². The van der Waals surface area contributed by atoms with E-state index in [0.29, 0.717) is 13.1 Å². The Morgan fingerprint density at radius 3 is 1.64 bits per heavy atom. The Balaban J connectivity index is 1.98. The predicted octanol–water partition coefficient (Wildman–Crippen LogP) is 3.63. The number of thiophene rings is 1. The molecule has 0 spiro atoms. The van der Waals surface area contributed by atoms with Crippen LogP contribution in [0.5, 0.6) is 0 Å². The van der Waals surface area contributed by atoms with Crippen LogP contribution >= 0.6 is 11.3 Å². The van der Waals surface area contributed by atoms with Crippen LogP contribution in [0.2, 0.25) is 0 Å². The van der Waals surface area contributed by atoms with Crippen molar-refractivity contribution < 1.29 is 10.2 Å². The summed E-state index contributed by atoms with van der Waals surface area (Å²) in [5.74, 6) is 0. The van der Waals surface area contributed by atoms with Gasteiger partial charge in [0.05, 0.1) is 13.2 Å². The maximum atomic E-state index is 10.3. The summed E-state index contributed by atoms with van der Waals surface area (Å²) in [7, 11) is 0. The van der Waals surface area contributed by atoms with Gasteiger partial charge in [-0.05, 0) is 22.6 Å². The van der Waals surface area contributed by atoms with Crippen molar-refractivity contribution in [1.82, 2.24) is 4.90 Å². The molecule has 0 fully saturated rings. The van der Waals surface area contributed by atoms with Crippen molar-refractivity contribution in [2.45, 2.75) is 18.6 Å². The highest BCUT2D eigenvalue weighted by Crippen LogP contribution is 2.34. The van der Waals surface area contributed by atoms with Gasteiger partial charge >= 0.3 is 0 Å². The molecule has 0 amide bonds. The first-order valence-corrected chi connectivity index (χ1v) is 9.25. The number of hydrogen-bond acceptors (Lipinski definition) is 4. The summed E-state index contributed by atoms with van der Waals surface area (Å²) >= 11 is 1.57. The van der Waals surface area contributed by atoms with Crippen LogP contribution in [0.1, 0.15) is 16.0 Å². The van der Waals surface area contributed by atoms with Crippen LogP contribution in [0.3, 0.4) is 0 Å². The van der Waals surface area contributed by atoms with E-state index in [9.17, 15) is 10.2 Å². The van der Waals surface area contributed by atoms with Crippen molar-refractivity contribution in [1.29, 1.82) is 0 Å². The van der Waals surface area contributed by atoms with Gasteiger partial charge in [0.15, 0.2) is 0 Å². The first-order chi connectivity index (χ1) is 12.3. The molecule has 3 aromatic rings. The van der Waals surface area contributed by atoms with Crippen molar-refractivity contribution in [2.24, 2.45) is 0 Å². The Kier molecular flexibility index (Phi) is 6.00. The minimum Gasteiger partial charge on any atom is -0.394 e. The van der Waals surface area contributed by atoms with E-state index in [-0.39, 0.29) is 13.2 Å². The van der Waals surface area contributed by atoms with Crippen molar-refractivity contribution in [3.05, 3.63) is 94.2 Å². The first-order valence-electron chi connectivity index (χ1n) is 8.37. The van der Waals surface area contributed by atoms with Crippen LogP contribution in [0.15, 0.2) is 78.2 Å². The van der Waals surface area contributed by atoms with Gasteiger partial charge in [0.25, 0.3) is 0 Å². The fourth-order valence-electron chi connectivity index (χ4n) is 3.07. The molecule has 0 saturated carbocycles. The van der Waals surface area contributed by atoms with Gasteiger partial charge in [0.1, 0.15) is 5.54 Å². The summed E-state index contributed by atoms with van der Waals surface area (Å²) < 4.78 is 0. The Labute approximate surface area is 152 Å². The van der Waals surface area contributed by atoms with Gasteiger partial charge in [-0.1, -0.05) is 66.7 Å². The summed E-state index contributed by atoms with van der Waals surface area (Å²) in [6.07, 6.45) is 0. The molecule has 0 bridgehead atoms. The Morgan fingerprint density at radius 2 is 1.24 bits per heavy atom. The molecule has 0 aliphatic rings. The van der Waals surface area contributed by atoms with E-state index in [2.05, 4.69) is 29.2 Å². The third-order valence-corrected chi connectivity index (χ3v) is 5.60. The molecule has 3 nitrogen and oxygen atoms in total. The lowest BCUT2D eigenvalue weighted by Gasteiger charge is -2.41. The minimum absolute atomic E-state index is 0.135. The predicted molar refractivity (Wildman–Crippen MR) is 102 cm³/mol. The van der Waals surface area contributed by atoms with Gasteiger partial charge in [-0.15, -0.1) is 11.3 Å². The molecule has 3 rings (SSSR count). The second-order valence-electron chi connectivity index (χ2n) is 6.15. The molecule has 2 N–H and O–H groups in total. The molecule has 25 heavy (non-hydrogen) atoms. The summed E-state index contributed by atoms with van der Waals surface area (Å²) in [5, 5.41) is 22.5. The van der Waals surface area contributed by atoms with Gasteiger partial charge < -0.3 is 10.2 Å². The summed E-state index contributed by atoms with van der Waals surface area (Å²) in [5.41, 5.74) is 1.50. The van der Waals surface area contributed by atoms with Crippen LogP contribution in [0.4, 0.5) is 0 Å². The number of aliphatic hydroxyl groups is 2. The number of aliphatic hydroxyl groups excluding tert-OH is 2. The quantitative estimate of drug-likeness (QED) is 0.650. The maximum Gasteiger partial charge on any atom is 0.103 e. The van der Waals surface area contributed by atoms with Crippen molar-refractivity contribution >= 4 is 11.3 Å². The third kappa shape index (κ3) is 3.99. The Bertz CT molecular complexity index is 699. The van der Waals surface area contributed by atoms with Crippen molar-refractivity contribution in [3.8, 4) is 0 Å². The summed E-state index contributed by atoms with van der Waals surface area (Å²) in [6.45, 7) is 1.02. The summed E-state index contributed by atoms with van der Waals surface area (Å²) in [4.78, 5) is 3.15. The van der Waals surface area contributed by atoms with Crippen LogP contribution in [-0.4, -0.2) is 28.3 Å². The maximum absolute atomic E-state index is 10.3. The molecule has 0 aliphatic heterocycles. The molecule has 2 aromatic carbocycles. The molecule has 0 unspecified atom stereocenters. The Morgan fingerprint density at radius 1 is 0.720 bits per heavy atom. The fourth-order valence-corrected chi connectivity index (χ4v) is 4.01. The molecule has 1 heterocycles. The van der Waals surface area contributed by atoms with Crippen LogP contribution in [0.25, 0.3) is 0 Å². The first kappa shape index (κ1) is 17.8. The van der Waals surface area contributed by atoms with Crippen molar-refractivity contribution in [3.63, 3.8) is 0 Å². The molecule has 0 atom stereocenters. The number of benzene rings is 2. The lowest BCUT2D eigenvalue weighted by Crippen LogP contribution is -2.50. The third-order valence-electron chi connectivity index (χ3n) is 4.54. The average Bonchev–Trinajstić information content (AvgIpc) is 3.20.